The number of nitrogens with zero attached hydrogens (tertiary/aromatic N) is 3. The highest BCUT2D eigenvalue weighted by atomic mass is 19.1. The molecule has 0 bridgehead atoms. The zero-order valence-corrected chi connectivity index (χ0v) is 17.5. The molecule has 1 fully saturated rings. The van der Waals surface area contributed by atoms with Crippen LogP contribution in [-0.4, -0.2) is 41.4 Å². The number of piperidine rings is 1. The summed E-state index contributed by atoms with van der Waals surface area (Å²) in [6.45, 7) is 3.82. The zero-order chi connectivity index (χ0) is 21.5. The second-order valence-electron chi connectivity index (χ2n) is 7.89. The fraction of sp³-hybridized carbons (Fsp3) is 0.333. The average molecular weight is 422 g/mol. The third-order valence-electron chi connectivity index (χ3n) is 5.60. The molecule has 1 aromatic heterocycles. The van der Waals surface area contributed by atoms with Crippen LogP contribution in [-0.2, 0) is 17.8 Å². The number of anilines is 2. The van der Waals surface area contributed by atoms with Crippen molar-refractivity contribution >= 4 is 17.3 Å². The maximum absolute atomic E-state index is 13.3. The number of benzene rings is 2. The van der Waals surface area contributed by atoms with Crippen molar-refractivity contribution in [2.45, 2.75) is 31.8 Å². The van der Waals surface area contributed by atoms with E-state index in [4.69, 9.17) is 0 Å². The fourth-order valence-electron chi connectivity index (χ4n) is 3.95. The Morgan fingerprint density at radius 3 is 2.61 bits per heavy atom. The summed E-state index contributed by atoms with van der Waals surface area (Å²) in [5.74, 6) is -0.480. The number of hydrogen-bond donors (Lipinski definition) is 2. The minimum atomic E-state index is -0.327. The van der Waals surface area contributed by atoms with E-state index in [-0.39, 0.29) is 18.1 Å². The number of carbonyl (C=O) groups excluding carboxylic acids is 1. The van der Waals surface area contributed by atoms with Gasteiger partial charge < -0.3 is 15.5 Å². The van der Waals surface area contributed by atoms with Gasteiger partial charge in [-0.05, 0) is 60.9 Å². The molecule has 0 unspecified atom stereocenters. The van der Waals surface area contributed by atoms with Crippen LogP contribution >= 0.6 is 0 Å². The summed E-state index contributed by atoms with van der Waals surface area (Å²) in [4.78, 5) is 14.6. The maximum Gasteiger partial charge on any atom is 0.228 e. The molecule has 0 radical (unpaired) electrons. The van der Waals surface area contributed by atoms with Gasteiger partial charge in [-0.25, -0.2) is 4.39 Å². The molecule has 31 heavy (non-hydrogen) atoms. The molecule has 0 atom stereocenters. The second kappa shape index (κ2) is 10.2. The van der Waals surface area contributed by atoms with Crippen LogP contribution in [0.25, 0.3) is 0 Å². The molecule has 0 saturated carbocycles. The summed E-state index contributed by atoms with van der Waals surface area (Å²) < 4.78 is 15.2. The van der Waals surface area contributed by atoms with E-state index in [1.54, 1.807) is 18.3 Å². The number of nitrogens with one attached hydrogen (secondary N) is 2. The Bertz CT molecular complexity index is 966. The summed E-state index contributed by atoms with van der Waals surface area (Å²) in [6, 6.07) is 16.5. The Morgan fingerprint density at radius 2 is 1.90 bits per heavy atom. The van der Waals surface area contributed by atoms with E-state index in [1.165, 1.54) is 12.1 Å². The molecule has 0 spiro atoms. The smallest absolute Gasteiger partial charge is 0.228 e. The lowest BCUT2D eigenvalue weighted by atomic mass is 10.0. The van der Waals surface area contributed by atoms with Crippen molar-refractivity contribution in [1.82, 2.24) is 15.1 Å². The molecule has 6 nitrogen and oxygen atoms in total. The van der Waals surface area contributed by atoms with Crippen molar-refractivity contribution in [3.63, 3.8) is 0 Å². The van der Waals surface area contributed by atoms with E-state index in [1.807, 2.05) is 41.2 Å². The quantitative estimate of drug-likeness (QED) is 0.585. The normalized spacial score (nSPS) is 14.5. The Balaban J connectivity index is 1.21. The summed E-state index contributed by atoms with van der Waals surface area (Å²) >= 11 is 0. The van der Waals surface area contributed by atoms with Gasteiger partial charge in [0.05, 0.1) is 13.0 Å². The molecule has 7 heteroatoms. The zero-order valence-electron chi connectivity index (χ0n) is 17.5. The Morgan fingerprint density at radius 1 is 1.10 bits per heavy atom. The second-order valence-corrected chi connectivity index (χ2v) is 7.89. The summed E-state index contributed by atoms with van der Waals surface area (Å²) in [7, 11) is 0. The molecule has 4 rings (SSSR count). The van der Waals surface area contributed by atoms with Crippen LogP contribution in [0.2, 0.25) is 0 Å². The Kier molecular flexibility index (Phi) is 6.94. The van der Waals surface area contributed by atoms with Gasteiger partial charge >= 0.3 is 0 Å². The number of hydrogen-bond acceptors (Lipinski definition) is 4. The average Bonchev–Trinajstić information content (AvgIpc) is 3.28. The lowest BCUT2D eigenvalue weighted by Gasteiger charge is -2.34. The molecule has 162 valence electrons. The van der Waals surface area contributed by atoms with Crippen molar-refractivity contribution in [1.29, 1.82) is 0 Å². The third-order valence-corrected chi connectivity index (χ3v) is 5.60. The molecule has 1 saturated heterocycles. The molecule has 1 aliphatic rings. The highest BCUT2D eigenvalue weighted by molar-refractivity contribution is 5.92. The van der Waals surface area contributed by atoms with Crippen LogP contribution in [0.15, 0.2) is 67.0 Å². The van der Waals surface area contributed by atoms with Crippen molar-refractivity contribution < 1.29 is 9.18 Å². The van der Waals surface area contributed by atoms with Crippen LogP contribution < -0.4 is 15.5 Å². The number of halogens is 1. The van der Waals surface area contributed by atoms with E-state index in [0.29, 0.717) is 11.6 Å². The maximum atomic E-state index is 13.3. The topological polar surface area (TPSA) is 62.2 Å². The molecule has 2 heterocycles. The molecule has 3 aromatic rings. The van der Waals surface area contributed by atoms with E-state index >= 15 is 0 Å². The van der Waals surface area contributed by atoms with Crippen LogP contribution in [0, 0.1) is 5.82 Å². The first-order valence-electron chi connectivity index (χ1n) is 10.8. The minimum Gasteiger partial charge on any atom is -0.371 e. The molecule has 1 amide bonds. The van der Waals surface area contributed by atoms with Gasteiger partial charge in [0.2, 0.25) is 5.91 Å². The summed E-state index contributed by atoms with van der Waals surface area (Å²) in [6.07, 6.45) is 6.15. The lowest BCUT2D eigenvalue weighted by Crippen LogP contribution is -2.43. The third kappa shape index (κ3) is 6.15. The number of amides is 1. The van der Waals surface area contributed by atoms with Crippen molar-refractivity contribution in [3.8, 4) is 0 Å². The number of carbonyl (C=O) groups is 1. The Hall–Kier alpha value is -3.19. The van der Waals surface area contributed by atoms with Crippen LogP contribution in [0.4, 0.5) is 15.8 Å². The van der Waals surface area contributed by atoms with E-state index in [0.717, 1.165) is 50.4 Å². The van der Waals surface area contributed by atoms with Gasteiger partial charge in [0.25, 0.3) is 0 Å². The van der Waals surface area contributed by atoms with Crippen molar-refractivity contribution in [3.05, 3.63) is 78.4 Å². The summed E-state index contributed by atoms with van der Waals surface area (Å²) in [5, 5.41) is 10.7. The van der Waals surface area contributed by atoms with Gasteiger partial charge in [-0.1, -0.05) is 12.1 Å². The van der Waals surface area contributed by atoms with Gasteiger partial charge in [-0.3, -0.25) is 9.48 Å². The highest BCUT2D eigenvalue weighted by Gasteiger charge is 2.19. The van der Waals surface area contributed by atoms with E-state index in [9.17, 15) is 9.18 Å². The number of rotatable bonds is 8. The van der Waals surface area contributed by atoms with Crippen molar-refractivity contribution in [2.75, 3.05) is 29.9 Å². The van der Waals surface area contributed by atoms with Gasteiger partial charge in [0, 0.05) is 49.4 Å². The summed E-state index contributed by atoms with van der Waals surface area (Å²) in [5.41, 5.74) is 2.58. The molecule has 2 aromatic carbocycles. The van der Waals surface area contributed by atoms with Gasteiger partial charge in [0.1, 0.15) is 5.82 Å². The minimum absolute atomic E-state index is 0.152. The predicted octanol–water partition coefficient (Wildman–Crippen LogP) is 3.46. The van der Waals surface area contributed by atoms with Crippen LogP contribution in [0.3, 0.4) is 0 Å². The van der Waals surface area contributed by atoms with Gasteiger partial charge in [-0.15, -0.1) is 0 Å². The first-order chi connectivity index (χ1) is 15.2. The largest absolute Gasteiger partial charge is 0.371 e. The van der Waals surface area contributed by atoms with Crippen molar-refractivity contribution in [2.24, 2.45) is 0 Å². The monoisotopic (exact) mass is 421 g/mol. The standard InChI is InChI=1S/C24H28FN5O/c25-20-4-1-3-19(17-20)18-24(31)28-22-5-7-23(8-6-22)29-14-9-21(10-15-29)26-12-16-30-13-2-11-27-30/h1-8,11,13,17,21,26H,9-10,12,14-16,18H2,(H,28,31). The highest BCUT2D eigenvalue weighted by Crippen LogP contribution is 2.22. The first-order valence-corrected chi connectivity index (χ1v) is 10.8. The fourth-order valence-corrected chi connectivity index (χ4v) is 3.95. The molecular weight excluding hydrogens is 393 g/mol. The first kappa shape index (κ1) is 21.1. The predicted molar refractivity (Wildman–Crippen MR) is 121 cm³/mol. The molecule has 2 N–H and O–H groups in total. The Labute approximate surface area is 182 Å². The van der Waals surface area contributed by atoms with Gasteiger partial charge in [0.15, 0.2) is 0 Å². The van der Waals surface area contributed by atoms with E-state index in [2.05, 4.69) is 20.6 Å². The molecule has 0 aliphatic carbocycles. The van der Waals surface area contributed by atoms with Crippen LogP contribution in [0.5, 0.6) is 0 Å². The van der Waals surface area contributed by atoms with E-state index < -0.39 is 0 Å². The number of aromatic nitrogens is 2. The van der Waals surface area contributed by atoms with Gasteiger partial charge in [-0.2, -0.15) is 5.10 Å². The molecule has 1 aliphatic heterocycles. The SMILES string of the molecule is O=C(Cc1cccc(F)c1)Nc1ccc(N2CCC(NCCn3cccn3)CC2)cc1. The molecular formula is C24H28FN5O. The van der Waals surface area contributed by atoms with Crippen LogP contribution in [0.1, 0.15) is 18.4 Å². The lowest BCUT2D eigenvalue weighted by molar-refractivity contribution is -0.115.